The van der Waals surface area contributed by atoms with Gasteiger partial charge in [-0.15, -0.1) is 0 Å². The standard InChI is InChI=1S/C17H20Cl2N4O/c1-3-16-13(17(24)22-8-6-21(2)7-9-22)11-20-23(16)12-4-5-14(18)15(19)10-12/h4-5,10-11H,3,6-9H2,1-2H3. The van der Waals surface area contributed by atoms with E-state index >= 15 is 0 Å². The van der Waals surface area contributed by atoms with E-state index in [0.29, 0.717) is 22.0 Å². The van der Waals surface area contributed by atoms with Crippen molar-refractivity contribution in [3.63, 3.8) is 0 Å². The van der Waals surface area contributed by atoms with Crippen LogP contribution in [0.25, 0.3) is 5.69 Å². The topological polar surface area (TPSA) is 41.4 Å². The smallest absolute Gasteiger partial charge is 0.257 e. The lowest BCUT2D eigenvalue weighted by Gasteiger charge is -2.32. The Morgan fingerprint density at radius 3 is 2.50 bits per heavy atom. The maximum absolute atomic E-state index is 12.9. The lowest BCUT2D eigenvalue weighted by molar-refractivity contribution is 0.0663. The second kappa shape index (κ2) is 7.13. The second-order valence-electron chi connectivity index (χ2n) is 5.96. The maximum atomic E-state index is 12.9. The number of benzene rings is 1. The van der Waals surface area contributed by atoms with Crippen LogP contribution in [0.2, 0.25) is 10.0 Å². The number of rotatable bonds is 3. The van der Waals surface area contributed by atoms with Crippen molar-refractivity contribution in [2.24, 2.45) is 0 Å². The largest absolute Gasteiger partial charge is 0.336 e. The Morgan fingerprint density at radius 1 is 1.17 bits per heavy atom. The highest BCUT2D eigenvalue weighted by molar-refractivity contribution is 6.42. The number of amides is 1. The highest BCUT2D eigenvalue weighted by atomic mass is 35.5. The minimum atomic E-state index is 0.0475. The molecule has 1 aromatic carbocycles. The molecule has 0 bridgehead atoms. The van der Waals surface area contributed by atoms with Crippen LogP contribution < -0.4 is 0 Å². The van der Waals surface area contributed by atoms with Crippen molar-refractivity contribution in [2.75, 3.05) is 33.2 Å². The van der Waals surface area contributed by atoms with Crippen LogP contribution in [0, 0.1) is 0 Å². The highest BCUT2D eigenvalue weighted by Gasteiger charge is 2.25. The summed E-state index contributed by atoms with van der Waals surface area (Å²) in [6, 6.07) is 5.35. The fraction of sp³-hybridized carbons (Fsp3) is 0.412. The molecule has 2 aromatic rings. The van der Waals surface area contributed by atoms with Crippen molar-refractivity contribution in [3.05, 3.63) is 45.7 Å². The average molecular weight is 367 g/mol. The first kappa shape index (κ1) is 17.3. The van der Waals surface area contributed by atoms with Crippen molar-refractivity contribution in [1.29, 1.82) is 0 Å². The minimum absolute atomic E-state index is 0.0475. The first-order valence-electron chi connectivity index (χ1n) is 8.01. The van der Waals surface area contributed by atoms with E-state index in [4.69, 9.17) is 23.2 Å². The molecule has 1 aliphatic heterocycles. The fourth-order valence-corrected chi connectivity index (χ4v) is 3.20. The van der Waals surface area contributed by atoms with Gasteiger partial charge in [-0.05, 0) is 31.7 Å². The molecule has 2 heterocycles. The van der Waals surface area contributed by atoms with Gasteiger partial charge in [0.05, 0.1) is 33.2 Å². The Morgan fingerprint density at radius 2 is 1.88 bits per heavy atom. The molecule has 128 valence electrons. The molecule has 1 aromatic heterocycles. The number of carbonyl (C=O) groups is 1. The average Bonchev–Trinajstić information content (AvgIpc) is 3.01. The van der Waals surface area contributed by atoms with Crippen molar-refractivity contribution in [2.45, 2.75) is 13.3 Å². The van der Waals surface area contributed by atoms with Crippen LogP contribution in [0.15, 0.2) is 24.4 Å². The summed E-state index contributed by atoms with van der Waals surface area (Å²) in [5.74, 6) is 0.0475. The van der Waals surface area contributed by atoms with Crippen LogP contribution >= 0.6 is 23.2 Å². The molecular formula is C17H20Cl2N4O. The van der Waals surface area contributed by atoms with Crippen LogP contribution in [0.5, 0.6) is 0 Å². The van der Waals surface area contributed by atoms with E-state index in [1.54, 1.807) is 23.0 Å². The zero-order valence-corrected chi connectivity index (χ0v) is 15.3. The van der Waals surface area contributed by atoms with Crippen molar-refractivity contribution >= 4 is 29.1 Å². The van der Waals surface area contributed by atoms with E-state index in [1.165, 1.54) is 0 Å². The minimum Gasteiger partial charge on any atom is -0.336 e. The van der Waals surface area contributed by atoms with Gasteiger partial charge >= 0.3 is 0 Å². The summed E-state index contributed by atoms with van der Waals surface area (Å²) in [5, 5.41) is 5.39. The van der Waals surface area contributed by atoms with Crippen LogP contribution in [0.4, 0.5) is 0 Å². The quantitative estimate of drug-likeness (QED) is 0.837. The number of carbonyl (C=O) groups excluding carboxylic acids is 1. The lowest BCUT2D eigenvalue weighted by atomic mass is 10.1. The number of hydrogen-bond donors (Lipinski definition) is 0. The molecule has 1 amide bonds. The van der Waals surface area contributed by atoms with Gasteiger partial charge in [0, 0.05) is 26.2 Å². The summed E-state index contributed by atoms with van der Waals surface area (Å²) in [6.07, 6.45) is 2.36. The van der Waals surface area contributed by atoms with Gasteiger partial charge in [0.1, 0.15) is 0 Å². The molecule has 0 N–H and O–H groups in total. The third-order valence-electron chi connectivity index (χ3n) is 4.37. The lowest BCUT2D eigenvalue weighted by Crippen LogP contribution is -2.47. The highest BCUT2D eigenvalue weighted by Crippen LogP contribution is 2.26. The third-order valence-corrected chi connectivity index (χ3v) is 5.11. The van der Waals surface area contributed by atoms with E-state index in [0.717, 1.165) is 37.6 Å². The van der Waals surface area contributed by atoms with Crippen LogP contribution in [-0.4, -0.2) is 58.7 Å². The number of halogens is 2. The number of nitrogens with zero attached hydrogens (tertiary/aromatic N) is 4. The normalized spacial score (nSPS) is 15.8. The summed E-state index contributed by atoms with van der Waals surface area (Å²) in [6.45, 7) is 5.31. The first-order chi connectivity index (χ1) is 11.5. The molecule has 1 fully saturated rings. The number of likely N-dealkylation sites (N-methyl/N-ethyl adjacent to an activating group) is 1. The van der Waals surface area contributed by atoms with Crippen molar-refractivity contribution in [3.8, 4) is 5.69 Å². The molecule has 0 saturated carbocycles. The summed E-state index contributed by atoms with van der Waals surface area (Å²) < 4.78 is 1.77. The van der Waals surface area contributed by atoms with Crippen molar-refractivity contribution in [1.82, 2.24) is 19.6 Å². The van der Waals surface area contributed by atoms with Gasteiger partial charge in [0.25, 0.3) is 5.91 Å². The van der Waals surface area contributed by atoms with E-state index in [9.17, 15) is 4.79 Å². The van der Waals surface area contributed by atoms with Gasteiger partial charge in [-0.25, -0.2) is 4.68 Å². The van der Waals surface area contributed by atoms with E-state index in [-0.39, 0.29) is 5.91 Å². The number of hydrogen-bond acceptors (Lipinski definition) is 3. The SMILES string of the molecule is CCc1c(C(=O)N2CCN(C)CC2)cnn1-c1ccc(Cl)c(Cl)c1. The van der Waals surface area contributed by atoms with E-state index in [2.05, 4.69) is 17.0 Å². The molecule has 0 spiro atoms. The molecule has 0 radical (unpaired) electrons. The molecule has 5 nitrogen and oxygen atoms in total. The summed E-state index contributed by atoms with van der Waals surface area (Å²) in [5.41, 5.74) is 2.35. The van der Waals surface area contributed by atoms with Gasteiger partial charge in [0.2, 0.25) is 0 Å². The molecule has 0 atom stereocenters. The summed E-state index contributed by atoms with van der Waals surface area (Å²) in [7, 11) is 2.07. The number of piperazine rings is 1. The third kappa shape index (κ3) is 3.29. The maximum Gasteiger partial charge on any atom is 0.257 e. The molecule has 3 rings (SSSR count). The molecule has 24 heavy (non-hydrogen) atoms. The predicted molar refractivity (Wildman–Crippen MR) is 96.4 cm³/mol. The fourth-order valence-electron chi connectivity index (χ4n) is 2.91. The van der Waals surface area contributed by atoms with Crippen molar-refractivity contribution < 1.29 is 4.79 Å². The molecule has 0 unspecified atom stereocenters. The first-order valence-corrected chi connectivity index (χ1v) is 8.77. The predicted octanol–water partition coefficient (Wildman–Crippen LogP) is 3.13. The number of aromatic nitrogens is 2. The Balaban J connectivity index is 1.91. The zero-order chi connectivity index (χ0) is 17.3. The van der Waals surface area contributed by atoms with Gasteiger partial charge in [-0.1, -0.05) is 30.1 Å². The van der Waals surface area contributed by atoms with Gasteiger partial charge in [-0.3, -0.25) is 4.79 Å². The molecule has 1 aliphatic rings. The van der Waals surface area contributed by atoms with E-state index < -0.39 is 0 Å². The second-order valence-corrected chi connectivity index (χ2v) is 6.78. The Bertz CT molecular complexity index is 751. The molecule has 7 heteroatoms. The Labute approximate surface area is 151 Å². The summed E-state index contributed by atoms with van der Waals surface area (Å²) in [4.78, 5) is 17.0. The van der Waals surface area contributed by atoms with Crippen LogP contribution in [-0.2, 0) is 6.42 Å². The van der Waals surface area contributed by atoms with Crippen LogP contribution in [0.3, 0.4) is 0 Å². The Kier molecular flexibility index (Phi) is 5.13. The monoisotopic (exact) mass is 366 g/mol. The molecule has 1 saturated heterocycles. The van der Waals surface area contributed by atoms with Gasteiger partial charge in [-0.2, -0.15) is 5.10 Å². The summed E-state index contributed by atoms with van der Waals surface area (Å²) >= 11 is 12.1. The van der Waals surface area contributed by atoms with Gasteiger partial charge in [0.15, 0.2) is 0 Å². The van der Waals surface area contributed by atoms with Gasteiger partial charge < -0.3 is 9.80 Å². The van der Waals surface area contributed by atoms with E-state index in [1.807, 2.05) is 17.9 Å². The van der Waals surface area contributed by atoms with Crippen LogP contribution in [0.1, 0.15) is 23.0 Å². The zero-order valence-electron chi connectivity index (χ0n) is 13.8. The Hall–Kier alpha value is -1.56. The molecular weight excluding hydrogens is 347 g/mol. The molecule has 0 aliphatic carbocycles.